The standard InChI is InChI=1S/C17H16N2O4S.ClH/c1-10-14-15(12-4-2-3-5-13(12)18-10)17(21)19(16(14)20)8-11-6-7-24(22,23)9-11;/h2-5,11H,6-9H2,1H3;1H. The van der Waals surface area contributed by atoms with Crippen molar-refractivity contribution in [2.45, 2.75) is 13.3 Å². The highest BCUT2D eigenvalue weighted by molar-refractivity contribution is 7.91. The smallest absolute Gasteiger partial charge is 0.263 e. The average molecular weight is 381 g/mol. The van der Waals surface area contributed by atoms with Crippen molar-refractivity contribution < 1.29 is 18.0 Å². The number of rotatable bonds is 2. The van der Waals surface area contributed by atoms with Gasteiger partial charge in [0.2, 0.25) is 0 Å². The number of aromatic nitrogens is 1. The molecular weight excluding hydrogens is 364 g/mol. The van der Waals surface area contributed by atoms with E-state index in [9.17, 15) is 18.0 Å². The minimum atomic E-state index is -3.04. The molecule has 2 amide bonds. The predicted octanol–water partition coefficient (Wildman–Crippen LogP) is 2.00. The number of hydrogen-bond acceptors (Lipinski definition) is 5. The molecule has 1 atom stereocenters. The van der Waals surface area contributed by atoms with Crippen LogP contribution in [0, 0.1) is 12.8 Å². The molecule has 1 aromatic heterocycles. The summed E-state index contributed by atoms with van der Waals surface area (Å²) in [5.74, 6) is -0.726. The molecule has 1 fully saturated rings. The van der Waals surface area contributed by atoms with Gasteiger partial charge in [0.25, 0.3) is 11.8 Å². The van der Waals surface area contributed by atoms with Gasteiger partial charge in [-0.3, -0.25) is 19.5 Å². The lowest BCUT2D eigenvalue weighted by molar-refractivity contribution is 0.0634. The van der Waals surface area contributed by atoms with E-state index in [1.54, 1.807) is 13.0 Å². The molecule has 1 saturated heterocycles. The Labute approximate surface area is 151 Å². The SMILES string of the molecule is Cc1nc2ccccc2c2c1C(=O)N(CC1CCS(=O)(=O)C1)C2=O.Cl. The Hall–Kier alpha value is -1.99. The van der Waals surface area contributed by atoms with Crippen LogP contribution in [0.25, 0.3) is 10.9 Å². The molecule has 0 aliphatic carbocycles. The normalized spacial score (nSPS) is 21.5. The number of fused-ring (bicyclic) bond motifs is 3. The second-order valence-electron chi connectivity index (χ2n) is 6.45. The van der Waals surface area contributed by atoms with E-state index in [0.717, 1.165) is 0 Å². The van der Waals surface area contributed by atoms with Crippen LogP contribution in [0.2, 0.25) is 0 Å². The second-order valence-corrected chi connectivity index (χ2v) is 8.68. The molecule has 8 heteroatoms. The van der Waals surface area contributed by atoms with Crippen molar-refractivity contribution in [3.05, 3.63) is 41.1 Å². The number of carbonyl (C=O) groups excluding carboxylic acids is 2. The highest BCUT2D eigenvalue weighted by Gasteiger charge is 2.41. The third kappa shape index (κ3) is 2.81. The number of imide groups is 1. The fourth-order valence-corrected chi connectivity index (χ4v) is 5.47. The van der Waals surface area contributed by atoms with E-state index in [4.69, 9.17) is 0 Å². The Balaban J connectivity index is 0.00000182. The van der Waals surface area contributed by atoms with Crippen molar-refractivity contribution in [1.29, 1.82) is 0 Å². The summed E-state index contributed by atoms with van der Waals surface area (Å²) in [4.78, 5) is 31.2. The predicted molar refractivity (Wildman–Crippen MR) is 95.9 cm³/mol. The van der Waals surface area contributed by atoms with Gasteiger partial charge in [-0.05, 0) is 25.3 Å². The van der Waals surface area contributed by atoms with E-state index < -0.39 is 9.84 Å². The summed E-state index contributed by atoms with van der Waals surface area (Å²) in [5, 5.41) is 0.665. The van der Waals surface area contributed by atoms with E-state index in [1.165, 1.54) is 4.90 Å². The van der Waals surface area contributed by atoms with Crippen LogP contribution in [-0.4, -0.2) is 48.2 Å². The molecule has 0 N–H and O–H groups in total. The Morgan fingerprint density at radius 1 is 1.16 bits per heavy atom. The van der Waals surface area contributed by atoms with Gasteiger partial charge in [0.1, 0.15) is 0 Å². The van der Waals surface area contributed by atoms with E-state index in [-0.39, 0.29) is 48.2 Å². The molecule has 2 aromatic rings. The summed E-state index contributed by atoms with van der Waals surface area (Å²) in [6.07, 6.45) is 0.494. The molecule has 2 aliphatic rings. The fourth-order valence-electron chi connectivity index (χ4n) is 3.62. The Kier molecular flexibility index (Phi) is 4.33. The van der Waals surface area contributed by atoms with E-state index in [2.05, 4.69) is 4.98 Å². The van der Waals surface area contributed by atoms with Gasteiger partial charge >= 0.3 is 0 Å². The third-order valence-electron chi connectivity index (χ3n) is 4.76. The zero-order chi connectivity index (χ0) is 17.1. The lowest BCUT2D eigenvalue weighted by Gasteiger charge is -2.17. The average Bonchev–Trinajstić information content (AvgIpc) is 3.00. The number of pyridine rings is 1. The molecule has 6 nitrogen and oxygen atoms in total. The first kappa shape index (κ1) is 17.8. The maximum absolute atomic E-state index is 12.9. The third-order valence-corrected chi connectivity index (χ3v) is 6.60. The zero-order valence-corrected chi connectivity index (χ0v) is 15.2. The minimum Gasteiger partial charge on any atom is -0.274 e. The number of aryl methyl sites for hydroxylation is 1. The molecule has 4 rings (SSSR count). The van der Waals surface area contributed by atoms with E-state index >= 15 is 0 Å². The molecule has 0 saturated carbocycles. The quantitative estimate of drug-likeness (QED) is 0.744. The highest BCUT2D eigenvalue weighted by Crippen LogP contribution is 2.32. The number of para-hydroxylation sites is 1. The van der Waals surface area contributed by atoms with Crippen molar-refractivity contribution in [2.75, 3.05) is 18.1 Å². The van der Waals surface area contributed by atoms with Crippen LogP contribution in [0.3, 0.4) is 0 Å². The molecule has 0 spiro atoms. The Morgan fingerprint density at radius 2 is 1.84 bits per heavy atom. The number of carbonyl (C=O) groups is 2. The van der Waals surface area contributed by atoms with Crippen molar-refractivity contribution >= 4 is 45.0 Å². The van der Waals surface area contributed by atoms with Gasteiger partial charge in [-0.2, -0.15) is 0 Å². The van der Waals surface area contributed by atoms with Crippen molar-refractivity contribution in [1.82, 2.24) is 9.88 Å². The van der Waals surface area contributed by atoms with Crippen LogP contribution in [0.4, 0.5) is 0 Å². The first-order valence-electron chi connectivity index (χ1n) is 7.83. The summed E-state index contributed by atoms with van der Waals surface area (Å²) in [5.41, 5.74) is 1.95. The molecule has 2 aliphatic heterocycles. The van der Waals surface area contributed by atoms with Crippen molar-refractivity contribution in [3.8, 4) is 0 Å². The number of hydrogen-bond donors (Lipinski definition) is 0. The van der Waals surface area contributed by atoms with Gasteiger partial charge in [-0.25, -0.2) is 8.42 Å². The first-order valence-corrected chi connectivity index (χ1v) is 9.65. The van der Waals surface area contributed by atoms with Gasteiger partial charge in [0, 0.05) is 11.9 Å². The summed E-state index contributed by atoms with van der Waals surface area (Å²) < 4.78 is 23.3. The lowest BCUT2D eigenvalue weighted by atomic mass is 10.0. The number of halogens is 1. The highest BCUT2D eigenvalue weighted by atomic mass is 35.5. The van der Waals surface area contributed by atoms with Crippen LogP contribution >= 0.6 is 12.4 Å². The van der Waals surface area contributed by atoms with Crippen molar-refractivity contribution in [2.24, 2.45) is 5.92 Å². The van der Waals surface area contributed by atoms with Crippen LogP contribution < -0.4 is 0 Å². The van der Waals surface area contributed by atoms with Crippen LogP contribution in [0.15, 0.2) is 24.3 Å². The monoisotopic (exact) mass is 380 g/mol. The summed E-state index contributed by atoms with van der Waals surface area (Å²) in [6, 6.07) is 7.25. The molecule has 25 heavy (non-hydrogen) atoms. The van der Waals surface area contributed by atoms with E-state index in [0.29, 0.717) is 34.1 Å². The summed E-state index contributed by atoms with van der Waals surface area (Å²) in [6.45, 7) is 1.87. The van der Waals surface area contributed by atoms with Gasteiger partial charge in [-0.15, -0.1) is 12.4 Å². The van der Waals surface area contributed by atoms with Gasteiger partial charge in [0.15, 0.2) is 9.84 Å². The molecule has 3 heterocycles. The molecule has 132 valence electrons. The molecule has 1 unspecified atom stereocenters. The minimum absolute atomic E-state index is 0. The summed E-state index contributed by atoms with van der Waals surface area (Å²) in [7, 11) is -3.04. The zero-order valence-electron chi connectivity index (χ0n) is 13.6. The summed E-state index contributed by atoms with van der Waals surface area (Å²) >= 11 is 0. The molecular formula is C17H17ClN2O4S. The Bertz CT molecular complexity index is 1000. The van der Waals surface area contributed by atoms with Gasteiger partial charge < -0.3 is 0 Å². The molecule has 0 bridgehead atoms. The van der Waals surface area contributed by atoms with Gasteiger partial charge in [-0.1, -0.05) is 18.2 Å². The van der Waals surface area contributed by atoms with Crippen LogP contribution in [0.1, 0.15) is 32.8 Å². The maximum atomic E-state index is 12.9. The maximum Gasteiger partial charge on any atom is 0.263 e. The second kappa shape index (κ2) is 6.07. The van der Waals surface area contributed by atoms with Crippen LogP contribution in [-0.2, 0) is 9.84 Å². The van der Waals surface area contributed by atoms with E-state index in [1.807, 2.05) is 18.2 Å². The number of nitrogens with zero attached hydrogens (tertiary/aromatic N) is 2. The Morgan fingerprint density at radius 3 is 2.52 bits per heavy atom. The number of benzene rings is 1. The fraction of sp³-hybridized carbons (Fsp3) is 0.353. The largest absolute Gasteiger partial charge is 0.274 e. The molecule has 1 aromatic carbocycles. The van der Waals surface area contributed by atoms with Crippen molar-refractivity contribution in [3.63, 3.8) is 0 Å². The topological polar surface area (TPSA) is 84.4 Å². The molecule has 0 radical (unpaired) electrons. The first-order chi connectivity index (χ1) is 11.4. The lowest BCUT2D eigenvalue weighted by Crippen LogP contribution is -2.35. The number of amides is 2. The number of sulfone groups is 1. The van der Waals surface area contributed by atoms with Gasteiger partial charge in [0.05, 0.1) is 33.8 Å². The van der Waals surface area contributed by atoms with Crippen LogP contribution in [0.5, 0.6) is 0 Å².